The van der Waals surface area contributed by atoms with Crippen LogP contribution in [0.1, 0.15) is 64.7 Å². The van der Waals surface area contributed by atoms with E-state index in [-0.39, 0.29) is 23.6 Å². The van der Waals surface area contributed by atoms with Crippen LogP contribution in [0.25, 0.3) is 11.0 Å². The molecular formula is C30H30N2O5. The molecule has 2 aromatic carbocycles. The highest BCUT2D eigenvalue weighted by molar-refractivity contribution is 5.99. The van der Waals surface area contributed by atoms with Crippen molar-refractivity contribution in [2.75, 3.05) is 13.2 Å². The maximum absolute atomic E-state index is 14.0. The molecule has 0 spiro atoms. The molecule has 0 radical (unpaired) electrons. The first-order chi connectivity index (χ1) is 17.9. The van der Waals surface area contributed by atoms with Crippen LogP contribution < -0.4 is 14.9 Å². The maximum atomic E-state index is 14.0. The summed E-state index contributed by atoms with van der Waals surface area (Å²) in [6.45, 7) is 9.07. The van der Waals surface area contributed by atoms with E-state index in [1.54, 1.807) is 17.3 Å². The summed E-state index contributed by atoms with van der Waals surface area (Å²) >= 11 is 0. The van der Waals surface area contributed by atoms with E-state index in [4.69, 9.17) is 13.9 Å². The van der Waals surface area contributed by atoms with E-state index in [0.29, 0.717) is 41.2 Å². The van der Waals surface area contributed by atoms with E-state index in [0.717, 1.165) is 28.7 Å². The van der Waals surface area contributed by atoms with Gasteiger partial charge in [0, 0.05) is 18.9 Å². The molecule has 190 valence electrons. The lowest BCUT2D eigenvalue weighted by Crippen LogP contribution is -2.29. The lowest BCUT2D eigenvalue weighted by molar-refractivity contribution is 0.0714. The van der Waals surface area contributed by atoms with Crippen LogP contribution in [-0.4, -0.2) is 29.0 Å². The van der Waals surface area contributed by atoms with Crippen LogP contribution in [0, 0.1) is 13.8 Å². The number of nitrogens with zero attached hydrogens (tertiary/aromatic N) is 2. The zero-order valence-electron chi connectivity index (χ0n) is 21.5. The van der Waals surface area contributed by atoms with Gasteiger partial charge in [-0.3, -0.25) is 14.6 Å². The van der Waals surface area contributed by atoms with E-state index in [2.05, 4.69) is 4.98 Å². The van der Waals surface area contributed by atoms with Crippen molar-refractivity contribution in [3.8, 4) is 11.5 Å². The van der Waals surface area contributed by atoms with Crippen LogP contribution in [0.3, 0.4) is 0 Å². The van der Waals surface area contributed by atoms with Crippen molar-refractivity contribution in [1.82, 2.24) is 9.88 Å². The standard InChI is InChI=1S/C30H30N2O5/c1-5-12-36-22-10-9-21(15-23(22)35-6-2)27-26-28(33)25-19(4)13-18(3)14-24(25)37-29(26)30(34)32(27)17-20-8-7-11-31-16-20/h7-11,13-16,27H,5-6,12,17H2,1-4H3. The average molecular weight is 499 g/mol. The molecule has 0 saturated heterocycles. The van der Waals surface area contributed by atoms with Gasteiger partial charge in [0.2, 0.25) is 5.76 Å². The van der Waals surface area contributed by atoms with E-state index >= 15 is 0 Å². The number of fused-ring (bicyclic) bond motifs is 2. The molecule has 1 atom stereocenters. The van der Waals surface area contributed by atoms with Crippen molar-refractivity contribution in [3.63, 3.8) is 0 Å². The maximum Gasteiger partial charge on any atom is 0.291 e. The minimum atomic E-state index is -0.650. The Balaban J connectivity index is 1.72. The summed E-state index contributed by atoms with van der Waals surface area (Å²) < 4.78 is 17.9. The van der Waals surface area contributed by atoms with Crippen molar-refractivity contribution in [2.24, 2.45) is 0 Å². The Bertz CT molecular complexity index is 1530. The normalized spacial score (nSPS) is 14.8. The second-order valence-corrected chi connectivity index (χ2v) is 9.31. The zero-order chi connectivity index (χ0) is 26.1. The van der Waals surface area contributed by atoms with Crippen molar-refractivity contribution in [1.29, 1.82) is 0 Å². The van der Waals surface area contributed by atoms with E-state index in [1.165, 1.54) is 0 Å². The van der Waals surface area contributed by atoms with Gasteiger partial charge in [-0.1, -0.05) is 25.1 Å². The van der Waals surface area contributed by atoms with Gasteiger partial charge in [0.15, 0.2) is 16.9 Å². The summed E-state index contributed by atoms with van der Waals surface area (Å²) in [6, 6.07) is 12.5. The van der Waals surface area contributed by atoms with Crippen LogP contribution in [-0.2, 0) is 6.54 Å². The van der Waals surface area contributed by atoms with Gasteiger partial charge in [0.1, 0.15) is 5.58 Å². The van der Waals surface area contributed by atoms with Gasteiger partial charge in [0.05, 0.1) is 30.2 Å². The fourth-order valence-corrected chi connectivity index (χ4v) is 5.01. The Morgan fingerprint density at radius 3 is 2.59 bits per heavy atom. The molecule has 3 heterocycles. The van der Waals surface area contributed by atoms with Crippen molar-refractivity contribution in [3.05, 3.63) is 98.7 Å². The summed E-state index contributed by atoms with van der Waals surface area (Å²) in [6.07, 6.45) is 4.28. The molecular weight excluding hydrogens is 468 g/mol. The number of hydrogen-bond acceptors (Lipinski definition) is 6. The summed E-state index contributed by atoms with van der Waals surface area (Å²) in [4.78, 5) is 33.7. The third-order valence-corrected chi connectivity index (χ3v) is 6.53. The van der Waals surface area contributed by atoms with Gasteiger partial charge in [0.25, 0.3) is 5.91 Å². The number of benzene rings is 2. The van der Waals surface area contributed by atoms with Crippen LogP contribution in [0.15, 0.2) is 64.1 Å². The first kappa shape index (κ1) is 24.6. The molecule has 7 nitrogen and oxygen atoms in total. The molecule has 2 aromatic heterocycles. The number of aryl methyl sites for hydroxylation is 2. The monoisotopic (exact) mass is 498 g/mol. The minimum absolute atomic E-state index is 0.0839. The molecule has 1 aliphatic heterocycles. The van der Waals surface area contributed by atoms with Gasteiger partial charge >= 0.3 is 0 Å². The first-order valence-electron chi connectivity index (χ1n) is 12.6. The second kappa shape index (κ2) is 10.1. The molecule has 0 aliphatic carbocycles. The Morgan fingerprint density at radius 1 is 1.03 bits per heavy atom. The lowest BCUT2D eigenvalue weighted by atomic mass is 9.96. The smallest absolute Gasteiger partial charge is 0.291 e. The van der Waals surface area contributed by atoms with Crippen LogP contribution in [0.4, 0.5) is 0 Å². The largest absolute Gasteiger partial charge is 0.490 e. The van der Waals surface area contributed by atoms with Gasteiger partial charge < -0.3 is 18.8 Å². The fourth-order valence-electron chi connectivity index (χ4n) is 5.01. The number of hydrogen-bond donors (Lipinski definition) is 0. The van der Waals surface area contributed by atoms with Gasteiger partial charge in [-0.15, -0.1) is 0 Å². The highest BCUT2D eigenvalue weighted by Crippen LogP contribution is 2.42. The topological polar surface area (TPSA) is 81.9 Å². The van der Waals surface area contributed by atoms with Crippen LogP contribution >= 0.6 is 0 Å². The molecule has 0 saturated carbocycles. The van der Waals surface area contributed by atoms with Gasteiger partial charge in [-0.2, -0.15) is 0 Å². The number of amides is 1. The Morgan fingerprint density at radius 2 is 1.86 bits per heavy atom. The molecule has 0 fully saturated rings. The molecule has 37 heavy (non-hydrogen) atoms. The van der Waals surface area contributed by atoms with E-state index in [9.17, 15) is 9.59 Å². The predicted molar refractivity (Wildman–Crippen MR) is 141 cm³/mol. The number of ether oxygens (including phenoxy) is 2. The Labute approximate surface area is 215 Å². The minimum Gasteiger partial charge on any atom is -0.490 e. The average Bonchev–Trinajstić information content (AvgIpc) is 3.15. The highest BCUT2D eigenvalue weighted by atomic mass is 16.5. The van der Waals surface area contributed by atoms with Gasteiger partial charge in [-0.25, -0.2) is 0 Å². The van der Waals surface area contributed by atoms with Crippen LogP contribution in [0.5, 0.6) is 11.5 Å². The van der Waals surface area contributed by atoms with Crippen molar-refractivity contribution < 1.29 is 18.7 Å². The SMILES string of the molecule is CCCOc1ccc(C2c3c(oc4cc(C)cc(C)c4c3=O)C(=O)N2Cc2cccnc2)cc1OCC. The number of carbonyl (C=O) groups is 1. The Hall–Kier alpha value is -4.13. The molecule has 4 aromatic rings. The predicted octanol–water partition coefficient (Wildman–Crippen LogP) is 5.74. The third kappa shape index (κ3) is 4.46. The molecule has 1 unspecified atom stereocenters. The summed E-state index contributed by atoms with van der Waals surface area (Å²) in [5.41, 5.74) is 3.97. The highest BCUT2D eigenvalue weighted by Gasteiger charge is 2.43. The van der Waals surface area contributed by atoms with E-state index < -0.39 is 6.04 Å². The number of rotatable bonds is 8. The lowest BCUT2D eigenvalue weighted by Gasteiger charge is -2.26. The number of aromatic nitrogens is 1. The fraction of sp³-hybridized carbons (Fsp3) is 0.300. The molecule has 1 aliphatic rings. The quantitative estimate of drug-likeness (QED) is 0.308. The molecule has 1 amide bonds. The number of pyridine rings is 1. The molecule has 0 bridgehead atoms. The molecule has 5 rings (SSSR count). The van der Waals surface area contributed by atoms with Crippen molar-refractivity contribution in [2.45, 2.75) is 46.7 Å². The third-order valence-electron chi connectivity index (χ3n) is 6.53. The molecule has 0 N–H and O–H groups in total. The number of carbonyl (C=O) groups excluding carboxylic acids is 1. The first-order valence-corrected chi connectivity index (χ1v) is 12.6. The van der Waals surface area contributed by atoms with E-state index in [1.807, 2.05) is 70.2 Å². The summed E-state index contributed by atoms with van der Waals surface area (Å²) in [5, 5.41) is 0.498. The second-order valence-electron chi connectivity index (χ2n) is 9.31. The zero-order valence-corrected chi connectivity index (χ0v) is 21.5. The Kier molecular flexibility index (Phi) is 6.70. The van der Waals surface area contributed by atoms with Crippen LogP contribution in [0.2, 0.25) is 0 Å². The summed E-state index contributed by atoms with van der Waals surface area (Å²) in [5.74, 6) is 0.965. The van der Waals surface area contributed by atoms with Crippen molar-refractivity contribution >= 4 is 16.9 Å². The molecule has 7 heteroatoms. The van der Waals surface area contributed by atoms with Gasteiger partial charge in [-0.05, 0) is 73.7 Å². The summed E-state index contributed by atoms with van der Waals surface area (Å²) in [7, 11) is 0.